The Morgan fingerprint density at radius 1 is 1.05 bits per heavy atom. The molecule has 2 aromatic carbocycles. The van der Waals surface area contributed by atoms with Crippen LogP contribution >= 0.6 is 11.6 Å². The molecule has 2 N–H and O–H groups in total. The van der Waals surface area contributed by atoms with Crippen LogP contribution in [0.3, 0.4) is 0 Å². The quantitative estimate of drug-likeness (QED) is 0.852. The van der Waals surface area contributed by atoms with Crippen LogP contribution in [0.15, 0.2) is 48.5 Å². The monoisotopic (exact) mass is 316 g/mol. The standard InChI is InChI=1S/C17H17ClN2O2/c1-12-7-8-14(18)11-15(12)20-17(22)16(21)19-10-9-13-5-3-2-4-6-13/h2-8,11H,9-10H2,1H3,(H,19,21)(H,20,22). The van der Waals surface area contributed by atoms with Gasteiger partial charge in [-0.05, 0) is 36.6 Å². The number of anilines is 1. The molecule has 2 aromatic rings. The summed E-state index contributed by atoms with van der Waals surface area (Å²) in [5.74, 6) is -1.35. The second-order valence-corrected chi connectivity index (χ2v) is 5.34. The normalized spacial score (nSPS) is 10.1. The zero-order chi connectivity index (χ0) is 15.9. The van der Waals surface area contributed by atoms with Gasteiger partial charge in [0.25, 0.3) is 0 Å². The van der Waals surface area contributed by atoms with Gasteiger partial charge in [-0.2, -0.15) is 0 Å². The third-order valence-electron chi connectivity index (χ3n) is 3.20. The summed E-state index contributed by atoms with van der Waals surface area (Å²) in [7, 11) is 0. The van der Waals surface area contributed by atoms with E-state index in [1.807, 2.05) is 37.3 Å². The molecule has 0 saturated heterocycles. The highest BCUT2D eigenvalue weighted by molar-refractivity contribution is 6.40. The zero-order valence-electron chi connectivity index (χ0n) is 12.2. The van der Waals surface area contributed by atoms with Crippen molar-refractivity contribution in [1.82, 2.24) is 5.32 Å². The molecule has 0 bridgehead atoms. The minimum atomic E-state index is -0.696. The van der Waals surface area contributed by atoms with Crippen LogP contribution in [0.1, 0.15) is 11.1 Å². The Kier molecular flexibility index (Phi) is 5.55. The van der Waals surface area contributed by atoms with Crippen LogP contribution in [0.4, 0.5) is 5.69 Å². The van der Waals surface area contributed by atoms with Gasteiger partial charge in [0.1, 0.15) is 0 Å². The van der Waals surface area contributed by atoms with E-state index in [0.717, 1.165) is 11.1 Å². The molecule has 0 aliphatic rings. The van der Waals surface area contributed by atoms with Crippen molar-refractivity contribution in [2.24, 2.45) is 0 Å². The lowest BCUT2D eigenvalue weighted by Gasteiger charge is -2.09. The van der Waals surface area contributed by atoms with Crippen molar-refractivity contribution < 1.29 is 9.59 Å². The molecule has 0 aliphatic heterocycles. The highest BCUT2D eigenvalue weighted by atomic mass is 35.5. The minimum Gasteiger partial charge on any atom is -0.347 e. The van der Waals surface area contributed by atoms with Crippen molar-refractivity contribution in [3.8, 4) is 0 Å². The molecule has 0 heterocycles. The van der Waals surface area contributed by atoms with Crippen LogP contribution in [0.5, 0.6) is 0 Å². The highest BCUT2D eigenvalue weighted by Crippen LogP contribution is 2.19. The third-order valence-corrected chi connectivity index (χ3v) is 3.43. The average Bonchev–Trinajstić information content (AvgIpc) is 2.52. The van der Waals surface area contributed by atoms with Crippen LogP contribution in [0.2, 0.25) is 5.02 Å². The number of hydrogen-bond acceptors (Lipinski definition) is 2. The number of benzene rings is 2. The van der Waals surface area contributed by atoms with Crippen molar-refractivity contribution in [2.45, 2.75) is 13.3 Å². The topological polar surface area (TPSA) is 58.2 Å². The van der Waals surface area contributed by atoms with Crippen molar-refractivity contribution in [3.63, 3.8) is 0 Å². The van der Waals surface area contributed by atoms with Crippen molar-refractivity contribution in [1.29, 1.82) is 0 Å². The summed E-state index contributed by atoms with van der Waals surface area (Å²) in [6.07, 6.45) is 0.677. The van der Waals surface area contributed by atoms with E-state index >= 15 is 0 Å². The fraction of sp³-hybridized carbons (Fsp3) is 0.176. The van der Waals surface area contributed by atoms with Gasteiger partial charge in [-0.15, -0.1) is 0 Å². The maximum atomic E-state index is 11.9. The second kappa shape index (κ2) is 7.61. The number of carbonyl (C=O) groups excluding carboxylic acids is 2. The summed E-state index contributed by atoms with van der Waals surface area (Å²) in [5.41, 5.74) is 2.49. The molecule has 0 saturated carbocycles. The predicted molar refractivity (Wildman–Crippen MR) is 88.0 cm³/mol. The SMILES string of the molecule is Cc1ccc(Cl)cc1NC(=O)C(=O)NCCc1ccccc1. The van der Waals surface area contributed by atoms with Gasteiger partial charge < -0.3 is 10.6 Å². The Morgan fingerprint density at radius 2 is 1.77 bits per heavy atom. The van der Waals surface area contributed by atoms with E-state index in [9.17, 15) is 9.59 Å². The summed E-state index contributed by atoms with van der Waals surface area (Å²) >= 11 is 5.88. The predicted octanol–water partition coefficient (Wildman–Crippen LogP) is 2.95. The van der Waals surface area contributed by atoms with Crippen LogP contribution in [0.25, 0.3) is 0 Å². The number of nitrogens with one attached hydrogen (secondary N) is 2. The summed E-state index contributed by atoms with van der Waals surface area (Å²) in [6, 6.07) is 14.9. The van der Waals surface area contributed by atoms with Gasteiger partial charge in [0.2, 0.25) is 0 Å². The number of carbonyl (C=O) groups is 2. The summed E-state index contributed by atoms with van der Waals surface area (Å²) in [5, 5.41) is 5.67. The minimum absolute atomic E-state index is 0.408. The zero-order valence-corrected chi connectivity index (χ0v) is 13.0. The fourth-order valence-corrected chi connectivity index (χ4v) is 2.13. The Balaban J connectivity index is 1.84. The van der Waals surface area contributed by atoms with Gasteiger partial charge in [-0.1, -0.05) is 48.0 Å². The van der Waals surface area contributed by atoms with Crippen LogP contribution in [-0.2, 0) is 16.0 Å². The molecule has 114 valence electrons. The number of hydrogen-bond donors (Lipinski definition) is 2. The Morgan fingerprint density at radius 3 is 2.50 bits per heavy atom. The molecule has 0 radical (unpaired) electrons. The molecular formula is C17H17ClN2O2. The van der Waals surface area contributed by atoms with E-state index < -0.39 is 11.8 Å². The van der Waals surface area contributed by atoms with E-state index in [0.29, 0.717) is 23.7 Å². The van der Waals surface area contributed by atoms with E-state index in [1.54, 1.807) is 18.2 Å². The van der Waals surface area contributed by atoms with Gasteiger partial charge in [-0.3, -0.25) is 9.59 Å². The molecule has 0 atom stereocenters. The first-order chi connectivity index (χ1) is 10.6. The number of rotatable bonds is 4. The molecule has 0 fully saturated rings. The smallest absolute Gasteiger partial charge is 0.313 e. The van der Waals surface area contributed by atoms with Crippen molar-refractivity contribution in [3.05, 3.63) is 64.7 Å². The van der Waals surface area contributed by atoms with Gasteiger partial charge in [-0.25, -0.2) is 0 Å². The van der Waals surface area contributed by atoms with Crippen LogP contribution in [-0.4, -0.2) is 18.4 Å². The molecule has 22 heavy (non-hydrogen) atoms. The number of halogens is 1. The first-order valence-corrected chi connectivity index (χ1v) is 7.33. The lowest BCUT2D eigenvalue weighted by atomic mass is 10.1. The van der Waals surface area contributed by atoms with Crippen molar-refractivity contribution >= 4 is 29.1 Å². The second-order valence-electron chi connectivity index (χ2n) is 4.90. The maximum Gasteiger partial charge on any atom is 0.313 e. The van der Waals surface area contributed by atoms with E-state index in [-0.39, 0.29) is 0 Å². The Hall–Kier alpha value is -2.33. The molecule has 2 rings (SSSR count). The van der Waals surface area contributed by atoms with Crippen LogP contribution in [0, 0.1) is 6.92 Å². The largest absolute Gasteiger partial charge is 0.347 e. The first-order valence-electron chi connectivity index (χ1n) is 6.95. The van der Waals surface area contributed by atoms with Gasteiger partial charge in [0.05, 0.1) is 0 Å². The molecular weight excluding hydrogens is 300 g/mol. The van der Waals surface area contributed by atoms with Crippen molar-refractivity contribution in [2.75, 3.05) is 11.9 Å². The lowest BCUT2D eigenvalue weighted by Crippen LogP contribution is -2.36. The fourth-order valence-electron chi connectivity index (χ4n) is 1.95. The highest BCUT2D eigenvalue weighted by Gasteiger charge is 2.14. The van der Waals surface area contributed by atoms with E-state index in [1.165, 1.54) is 0 Å². The number of amides is 2. The molecule has 4 nitrogen and oxygen atoms in total. The maximum absolute atomic E-state index is 11.9. The third kappa shape index (κ3) is 4.60. The Labute approximate surface area is 134 Å². The van der Waals surface area contributed by atoms with Gasteiger partial charge in [0, 0.05) is 17.3 Å². The average molecular weight is 317 g/mol. The van der Waals surface area contributed by atoms with Gasteiger partial charge >= 0.3 is 11.8 Å². The summed E-state index contributed by atoms with van der Waals surface area (Å²) < 4.78 is 0. The molecule has 0 spiro atoms. The summed E-state index contributed by atoms with van der Waals surface area (Å²) in [4.78, 5) is 23.6. The van der Waals surface area contributed by atoms with Crippen LogP contribution < -0.4 is 10.6 Å². The molecule has 0 aromatic heterocycles. The Bertz CT molecular complexity index is 672. The molecule has 0 unspecified atom stereocenters. The molecule has 5 heteroatoms. The first kappa shape index (κ1) is 16.0. The van der Waals surface area contributed by atoms with Gasteiger partial charge in [0.15, 0.2) is 0 Å². The summed E-state index contributed by atoms with van der Waals surface area (Å²) in [6.45, 7) is 2.24. The molecule has 0 aliphatic carbocycles. The van der Waals surface area contributed by atoms with E-state index in [4.69, 9.17) is 11.6 Å². The molecule has 2 amide bonds. The van der Waals surface area contributed by atoms with E-state index in [2.05, 4.69) is 10.6 Å². The number of aryl methyl sites for hydroxylation is 1. The lowest BCUT2D eigenvalue weighted by molar-refractivity contribution is -0.136.